The van der Waals surface area contributed by atoms with Gasteiger partial charge < -0.3 is 19.2 Å². The number of aryl methyl sites for hydroxylation is 1. The SMILES string of the molecule is COC(=O)c1nn(C)c(C)c1NC(=O)c1ccc(COc2ccc(F)cc2Cl)o1. The molecule has 1 aromatic carbocycles. The van der Waals surface area contributed by atoms with Crippen LogP contribution in [0, 0.1) is 12.7 Å². The van der Waals surface area contributed by atoms with Gasteiger partial charge in [-0.2, -0.15) is 5.10 Å². The van der Waals surface area contributed by atoms with Crippen molar-refractivity contribution in [2.45, 2.75) is 13.5 Å². The van der Waals surface area contributed by atoms with E-state index in [1.165, 1.54) is 30.0 Å². The Labute approximate surface area is 170 Å². The van der Waals surface area contributed by atoms with E-state index in [0.29, 0.717) is 11.5 Å². The van der Waals surface area contributed by atoms with Crippen LogP contribution in [0.4, 0.5) is 10.1 Å². The molecular weight excluding hydrogens is 405 g/mol. The number of nitrogens with zero attached hydrogens (tertiary/aromatic N) is 2. The fourth-order valence-corrected chi connectivity index (χ4v) is 2.71. The molecule has 2 heterocycles. The molecule has 0 aliphatic heterocycles. The number of rotatable bonds is 6. The summed E-state index contributed by atoms with van der Waals surface area (Å²) in [6, 6.07) is 6.77. The second-order valence-electron chi connectivity index (χ2n) is 6.01. The number of furan rings is 1. The maximum atomic E-state index is 13.1. The number of esters is 1. The van der Waals surface area contributed by atoms with E-state index in [2.05, 4.69) is 15.2 Å². The molecular formula is C19H17ClFN3O5. The van der Waals surface area contributed by atoms with Crippen LogP contribution in [-0.4, -0.2) is 28.8 Å². The molecule has 29 heavy (non-hydrogen) atoms. The van der Waals surface area contributed by atoms with E-state index in [-0.39, 0.29) is 34.5 Å². The monoisotopic (exact) mass is 421 g/mol. The third kappa shape index (κ3) is 4.40. The number of amides is 1. The number of ether oxygens (including phenoxy) is 2. The lowest BCUT2D eigenvalue weighted by Gasteiger charge is -2.06. The van der Waals surface area contributed by atoms with Crippen LogP contribution in [0.3, 0.4) is 0 Å². The fourth-order valence-electron chi connectivity index (χ4n) is 2.49. The van der Waals surface area contributed by atoms with Crippen molar-refractivity contribution in [1.29, 1.82) is 0 Å². The first-order valence-corrected chi connectivity index (χ1v) is 8.77. The Hall–Kier alpha value is -3.33. The molecule has 0 fully saturated rings. The molecule has 0 aliphatic rings. The second-order valence-corrected chi connectivity index (χ2v) is 6.41. The van der Waals surface area contributed by atoms with Crippen LogP contribution in [0.15, 0.2) is 34.7 Å². The van der Waals surface area contributed by atoms with E-state index in [9.17, 15) is 14.0 Å². The summed E-state index contributed by atoms with van der Waals surface area (Å²) < 4.78 is 30.2. The van der Waals surface area contributed by atoms with E-state index < -0.39 is 17.7 Å². The van der Waals surface area contributed by atoms with Gasteiger partial charge in [-0.1, -0.05) is 11.6 Å². The van der Waals surface area contributed by atoms with Gasteiger partial charge in [-0.05, 0) is 37.3 Å². The Morgan fingerprint density at radius 3 is 2.76 bits per heavy atom. The molecule has 1 amide bonds. The Bertz CT molecular complexity index is 1080. The average molecular weight is 422 g/mol. The van der Waals surface area contributed by atoms with Gasteiger partial charge in [0.25, 0.3) is 5.91 Å². The molecule has 10 heteroatoms. The lowest BCUT2D eigenvalue weighted by atomic mass is 10.3. The maximum absolute atomic E-state index is 13.1. The lowest BCUT2D eigenvalue weighted by molar-refractivity contribution is 0.0594. The van der Waals surface area contributed by atoms with Crippen molar-refractivity contribution in [2.75, 3.05) is 12.4 Å². The van der Waals surface area contributed by atoms with E-state index in [1.807, 2.05) is 0 Å². The number of halogens is 2. The molecule has 0 unspecified atom stereocenters. The van der Waals surface area contributed by atoms with Crippen LogP contribution >= 0.6 is 11.6 Å². The van der Waals surface area contributed by atoms with Crippen molar-refractivity contribution in [2.24, 2.45) is 7.05 Å². The normalized spacial score (nSPS) is 10.7. The first-order valence-electron chi connectivity index (χ1n) is 8.40. The Morgan fingerprint density at radius 2 is 2.07 bits per heavy atom. The van der Waals surface area contributed by atoms with Gasteiger partial charge in [0.15, 0.2) is 11.5 Å². The number of hydrogen-bond acceptors (Lipinski definition) is 6. The van der Waals surface area contributed by atoms with Gasteiger partial charge in [-0.3, -0.25) is 9.48 Å². The van der Waals surface area contributed by atoms with Crippen molar-refractivity contribution < 1.29 is 27.9 Å². The van der Waals surface area contributed by atoms with Crippen LogP contribution in [0.1, 0.15) is 32.5 Å². The average Bonchev–Trinajstić information content (AvgIpc) is 3.27. The van der Waals surface area contributed by atoms with Gasteiger partial charge in [0.1, 0.15) is 23.9 Å². The van der Waals surface area contributed by atoms with Crippen LogP contribution in [0.5, 0.6) is 5.75 Å². The van der Waals surface area contributed by atoms with Crippen molar-refractivity contribution in [3.63, 3.8) is 0 Å². The minimum atomic E-state index is -0.672. The molecule has 1 N–H and O–H groups in total. The molecule has 3 rings (SSSR count). The Balaban J connectivity index is 1.71. The molecule has 0 saturated carbocycles. The van der Waals surface area contributed by atoms with E-state index >= 15 is 0 Å². The molecule has 0 spiro atoms. The van der Waals surface area contributed by atoms with Crippen LogP contribution in [0.25, 0.3) is 0 Å². The number of nitrogens with one attached hydrogen (secondary N) is 1. The number of aromatic nitrogens is 2. The molecule has 0 saturated heterocycles. The molecule has 0 bridgehead atoms. The molecule has 0 radical (unpaired) electrons. The zero-order chi connectivity index (χ0) is 21.1. The number of hydrogen-bond donors (Lipinski definition) is 1. The summed E-state index contributed by atoms with van der Waals surface area (Å²) in [6.45, 7) is 1.68. The molecule has 0 atom stereocenters. The highest BCUT2D eigenvalue weighted by Crippen LogP contribution is 2.26. The van der Waals surface area contributed by atoms with Crippen molar-refractivity contribution >= 4 is 29.2 Å². The molecule has 3 aromatic rings. The second kappa shape index (κ2) is 8.36. The lowest BCUT2D eigenvalue weighted by Crippen LogP contribution is -2.14. The number of carbonyl (C=O) groups is 2. The first-order chi connectivity index (χ1) is 13.8. The zero-order valence-electron chi connectivity index (χ0n) is 15.8. The number of benzene rings is 1. The highest BCUT2D eigenvalue weighted by atomic mass is 35.5. The summed E-state index contributed by atoms with van der Waals surface area (Å²) in [7, 11) is 2.87. The third-order valence-electron chi connectivity index (χ3n) is 4.10. The van der Waals surface area contributed by atoms with Gasteiger partial charge in [0.2, 0.25) is 0 Å². The van der Waals surface area contributed by atoms with E-state index in [4.69, 9.17) is 20.8 Å². The quantitative estimate of drug-likeness (QED) is 0.609. The van der Waals surface area contributed by atoms with Crippen molar-refractivity contribution in [1.82, 2.24) is 9.78 Å². The molecule has 2 aromatic heterocycles. The highest BCUT2D eigenvalue weighted by Gasteiger charge is 2.23. The van der Waals surface area contributed by atoms with E-state index in [1.54, 1.807) is 20.0 Å². The minimum Gasteiger partial charge on any atom is -0.484 e. The number of carbonyl (C=O) groups excluding carboxylic acids is 2. The first kappa shape index (κ1) is 20.4. The fraction of sp³-hybridized carbons (Fsp3) is 0.211. The summed E-state index contributed by atoms with van der Waals surface area (Å²) in [5.41, 5.74) is 0.790. The summed E-state index contributed by atoms with van der Waals surface area (Å²) in [5.74, 6) is -1.08. The smallest absolute Gasteiger partial charge is 0.360 e. The third-order valence-corrected chi connectivity index (χ3v) is 4.40. The maximum Gasteiger partial charge on any atom is 0.360 e. The Morgan fingerprint density at radius 1 is 1.31 bits per heavy atom. The standard InChI is InChI=1S/C19H17ClFN3O5/c1-10-16(17(19(26)27-3)23-24(10)2)22-18(25)15-7-5-12(29-15)9-28-14-6-4-11(21)8-13(14)20/h4-8H,9H2,1-3H3,(H,22,25). The highest BCUT2D eigenvalue weighted by molar-refractivity contribution is 6.32. The predicted octanol–water partition coefficient (Wildman–Crippen LogP) is 3.73. The molecule has 0 aliphatic carbocycles. The predicted molar refractivity (Wildman–Crippen MR) is 102 cm³/mol. The number of anilines is 1. The largest absolute Gasteiger partial charge is 0.484 e. The van der Waals surface area contributed by atoms with Gasteiger partial charge in [-0.25, -0.2) is 9.18 Å². The van der Waals surface area contributed by atoms with Crippen LogP contribution < -0.4 is 10.1 Å². The summed E-state index contributed by atoms with van der Waals surface area (Å²) in [5, 5.41) is 6.78. The topological polar surface area (TPSA) is 95.6 Å². The van der Waals surface area contributed by atoms with Gasteiger partial charge in [0.05, 0.1) is 23.5 Å². The number of methoxy groups -OCH3 is 1. The zero-order valence-corrected chi connectivity index (χ0v) is 16.5. The van der Waals surface area contributed by atoms with Crippen molar-refractivity contribution in [3.8, 4) is 5.75 Å². The van der Waals surface area contributed by atoms with Gasteiger partial charge in [0, 0.05) is 7.05 Å². The summed E-state index contributed by atoms with van der Waals surface area (Å²) in [4.78, 5) is 24.4. The van der Waals surface area contributed by atoms with Crippen LogP contribution in [0.2, 0.25) is 5.02 Å². The van der Waals surface area contributed by atoms with Crippen LogP contribution in [-0.2, 0) is 18.4 Å². The summed E-state index contributed by atoms with van der Waals surface area (Å²) in [6.07, 6.45) is 0. The van der Waals surface area contributed by atoms with Gasteiger partial charge in [-0.15, -0.1) is 0 Å². The van der Waals surface area contributed by atoms with E-state index in [0.717, 1.165) is 6.07 Å². The van der Waals surface area contributed by atoms with Gasteiger partial charge >= 0.3 is 5.97 Å². The molecule has 8 nitrogen and oxygen atoms in total. The summed E-state index contributed by atoms with van der Waals surface area (Å²) >= 11 is 5.91. The molecule has 152 valence electrons. The minimum absolute atomic E-state index is 0.00729. The van der Waals surface area contributed by atoms with Crippen molar-refractivity contribution in [3.05, 3.63) is 64.1 Å². The Kier molecular flexibility index (Phi) is 5.88.